The van der Waals surface area contributed by atoms with Crippen molar-refractivity contribution in [2.75, 3.05) is 18.1 Å². The lowest BCUT2D eigenvalue weighted by atomic mass is 10.0. The number of rotatable bonds is 1. The van der Waals surface area contributed by atoms with E-state index in [4.69, 9.17) is 4.74 Å². The molecule has 0 bridgehead atoms. The van der Waals surface area contributed by atoms with Gasteiger partial charge in [-0.15, -0.1) is 0 Å². The summed E-state index contributed by atoms with van der Waals surface area (Å²) in [6.45, 7) is 1.82. The monoisotopic (exact) mass is 389 g/mol. The van der Waals surface area contributed by atoms with E-state index in [0.717, 1.165) is 10.5 Å². The third kappa shape index (κ3) is 3.86. The van der Waals surface area contributed by atoms with Crippen molar-refractivity contribution in [3.8, 4) is 5.75 Å². The zero-order valence-corrected chi connectivity index (χ0v) is 13.9. The van der Waals surface area contributed by atoms with E-state index >= 15 is 0 Å². The van der Waals surface area contributed by atoms with E-state index in [-0.39, 0.29) is 19.2 Å². The van der Waals surface area contributed by atoms with Crippen LogP contribution < -0.4 is 9.64 Å². The van der Waals surface area contributed by atoms with Crippen LogP contribution in [0.2, 0.25) is 0 Å². The fraction of sp³-hybridized carbons (Fsp3) is 0.278. The fourth-order valence-corrected chi connectivity index (χ4v) is 2.77. The molecule has 9 heteroatoms. The molecule has 0 aromatic heterocycles. The van der Waals surface area contributed by atoms with E-state index < -0.39 is 35.0 Å². The van der Waals surface area contributed by atoms with Crippen molar-refractivity contribution in [3.05, 3.63) is 58.7 Å². The van der Waals surface area contributed by atoms with Crippen LogP contribution in [0.5, 0.6) is 5.75 Å². The van der Waals surface area contributed by atoms with Gasteiger partial charge in [-0.05, 0) is 42.8 Å². The third-order valence-corrected chi connectivity index (χ3v) is 4.06. The van der Waals surface area contributed by atoms with Crippen LogP contribution in [0.4, 0.5) is 32.0 Å². The molecule has 3 rings (SSSR count). The Kier molecular flexibility index (Phi) is 4.57. The molecule has 0 atom stereocenters. The minimum atomic E-state index is -5.02. The molecule has 1 aliphatic heterocycles. The smallest absolute Gasteiger partial charge is 0.416 e. The van der Waals surface area contributed by atoms with Gasteiger partial charge >= 0.3 is 12.4 Å². The SMILES string of the molecule is Cc1ccc2c(c1)N(C(=O)c1cc(C(F)(F)F)cc(C(F)(F)F)c1)CCO2. The van der Waals surface area contributed by atoms with Gasteiger partial charge in [0.15, 0.2) is 0 Å². The number of alkyl halides is 6. The molecule has 0 unspecified atom stereocenters. The summed E-state index contributed by atoms with van der Waals surface area (Å²) in [5.41, 5.74) is -2.68. The molecule has 0 aliphatic carbocycles. The van der Waals surface area contributed by atoms with Crippen LogP contribution in [0.3, 0.4) is 0 Å². The first-order valence-corrected chi connectivity index (χ1v) is 7.81. The highest BCUT2D eigenvalue weighted by molar-refractivity contribution is 6.07. The van der Waals surface area contributed by atoms with Crippen LogP contribution in [-0.2, 0) is 12.4 Å². The van der Waals surface area contributed by atoms with Gasteiger partial charge in [-0.1, -0.05) is 6.07 Å². The molecule has 3 nitrogen and oxygen atoms in total. The van der Waals surface area contributed by atoms with Gasteiger partial charge in [0.1, 0.15) is 12.4 Å². The third-order valence-electron chi connectivity index (χ3n) is 4.06. The first-order valence-electron chi connectivity index (χ1n) is 7.81. The van der Waals surface area contributed by atoms with Crippen LogP contribution >= 0.6 is 0 Å². The number of fused-ring (bicyclic) bond motifs is 1. The molecule has 2 aromatic rings. The van der Waals surface area contributed by atoms with Gasteiger partial charge in [0, 0.05) is 5.56 Å². The Morgan fingerprint density at radius 3 is 2.11 bits per heavy atom. The predicted molar refractivity (Wildman–Crippen MR) is 84.8 cm³/mol. The second-order valence-corrected chi connectivity index (χ2v) is 6.07. The maximum Gasteiger partial charge on any atom is 0.416 e. The Hall–Kier alpha value is -2.71. The number of nitrogens with zero attached hydrogens (tertiary/aromatic N) is 1. The van der Waals surface area contributed by atoms with Gasteiger partial charge < -0.3 is 9.64 Å². The second-order valence-electron chi connectivity index (χ2n) is 6.07. The summed E-state index contributed by atoms with van der Waals surface area (Å²) in [7, 11) is 0. The molecule has 0 radical (unpaired) electrons. The Labute approximate surface area is 150 Å². The largest absolute Gasteiger partial charge is 0.490 e. The van der Waals surface area contributed by atoms with Gasteiger partial charge in [0.2, 0.25) is 0 Å². The maximum absolute atomic E-state index is 13.0. The van der Waals surface area contributed by atoms with E-state index in [2.05, 4.69) is 0 Å². The number of halogens is 6. The van der Waals surface area contributed by atoms with E-state index in [1.165, 1.54) is 0 Å². The minimum Gasteiger partial charge on any atom is -0.490 e. The van der Waals surface area contributed by atoms with Crippen molar-refractivity contribution in [1.82, 2.24) is 0 Å². The van der Waals surface area contributed by atoms with Crippen LogP contribution in [0.15, 0.2) is 36.4 Å². The number of carbonyl (C=O) groups is 1. The number of ether oxygens (including phenoxy) is 1. The van der Waals surface area contributed by atoms with E-state index in [1.807, 2.05) is 0 Å². The second kappa shape index (κ2) is 6.47. The van der Waals surface area contributed by atoms with Gasteiger partial charge in [-0.2, -0.15) is 26.3 Å². The number of amides is 1. The van der Waals surface area contributed by atoms with Crippen LogP contribution in [0.1, 0.15) is 27.0 Å². The molecule has 0 N–H and O–H groups in total. The number of anilines is 1. The first-order chi connectivity index (χ1) is 12.5. The summed E-state index contributed by atoms with van der Waals surface area (Å²) >= 11 is 0. The van der Waals surface area contributed by atoms with Crippen LogP contribution in [-0.4, -0.2) is 19.1 Å². The highest BCUT2D eigenvalue weighted by atomic mass is 19.4. The molecule has 144 valence electrons. The molecule has 27 heavy (non-hydrogen) atoms. The summed E-state index contributed by atoms with van der Waals surface area (Å²) in [5, 5.41) is 0. The average Bonchev–Trinajstić information content (AvgIpc) is 2.58. The van der Waals surface area contributed by atoms with Gasteiger partial charge in [-0.3, -0.25) is 4.79 Å². The van der Waals surface area contributed by atoms with Crippen molar-refractivity contribution in [2.45, 2.75) is 19.3 Å². The molecule has 0 fully saturated rings. The summed E-state index contributed by atoms with van der Waals surface area (Å²) in [5.74, 6) is -0.620. The zero-order valence-electron chi connectivity index (χ0n) is 13.9. The molecule has 0 saturated heterocycles. The molecule has 1 amide bonds. The number of hydrogen-bond donors (Lipinski definition) is 0. The highest BCUT2D eigenvalue weighted by Crippen LogP contribution is 2.38. The van der Waals surface area contributed by atoms with Crippen LogP contribution in [0.25, 0.3) is 0 Å². The topological polar surface area (TPSA) is 29.5 Å². The van der Waals surface area contributed by atoms with Crippen molar-refractivity contribution in [1.29, 1.82) is 0 Å². The van der Waals surface area contributed by atoms with Gasteiger partial charge in [0.25, 0.3) is 5.91 Å². The number of benzene rings is 2. The predicted octanol–water partition coefficient (Wildman–Crippen LogP) is 5.07. The summed E-state index contributed by atoms with van der Waals surface area (Å²) in [6.07, 6.45) is -10.0. The molecule has 1 heterocycles. The zero-order chi connectivity index (χ0) is 20.0. The summed E-state index contributed by atoms with van der Waals surface area (Å²) in [6, 6.07) is 5.76. The summed E-state index contributed by atoms with van der Waals surface area (Å²) in [4.78, 5) is 13.9. The lowest BCUT2D eigenvalue weighted by molar-refractivity contribution is -0.143. The van der Waals surface area contributed by atoms with E-state index in [9.17, 15) is 31.1 Å². The lowest BCUT2D eigenvalue weighted by Gasteiger charge is -2.30. The van der Waals surface area contributed by atoms with Crippen molar-refractivity contribution >= 4 is 11.6 Å². The molecular formula is C18H13F6NO2. The average molecular weight is 389 g/mol. The van der Waals surface area contributed by atoms with Crippen molar-refractivity contribution in [2.24, 2.45) is 0 Å². The van der Waals surface area contributed by atoms with E-state index in [1.54, 1.807) is 25.1 Å². The normalized spacial score (nSPS) is 14.6. The summed E-state index contributed by atoms with van der Waals surface area (Å²) < 4.78 is 83.5. The fourth-order valence-electron chi connectivity index (χ4n) is 2.77. The van der Waals surface area contributed by atoms with Gasteiger partial charge in [0.05, 0.1) is 23.4 Å². The minimum absolute atomic E-state index is 0.00576. The molecule has 0 saturated carbocycles. The maximum atomic E-state index is 13.0. The van der Waals surface area contributed by atoms with Crippen molar-refractivity contribution in [3.63, 3.8) is 0 Å². The Morgan fingerprint density at radius 1 is 0.963 bits per heavy atom. The molecule has 2 aromatic carbocycles. The number of hydrogen-bond acceptors (Lipinski definition) is 2. The number of aryl methyl sites for hydroxylation is 1. The lowest BCUT2D eigenvalue weighted by Crippen LogP contribution is -2.38. The number of carbonyl (C=O) groups excluding carboxylic acids is 1. The van der Waals surface area contributed by atoms with E-state index in [0.29, 0.717) is 23.6 Å². The van der Waals surface area contributed by atoms with Gasteiger partial charge in [-0.25, -0.2) is 0 Å². The highest BCUT2D eigenvalue weighted by Gasteiger charge is 2.38. The first kappa shape index (κ1) is 19.1. The van der Waals surface area contributed by atoms with Crippen molar-refractivity contribution < 1.29 is 35.9 Å². The van der Waals surface area contributed by atoms with Crippen LogP contribution in [0, 0.1) is 6.92 Å². The Balaban J connectivity index is 2.09. The standard InChI is InChI=1S/C18H13F6NO2/c1-10-2-3-15-14(6-10)25(4-5-27-15)16(26)11-7-12(17(19,20)21)9-13(8-11)18(22,23)24/h2-3,6-9H,4-5H2,1H3. The molecular weight excluding hydrogens is 376 g/mol. The molecule has 1 aliphatic rings. The quantitative estimate of drug-likeness (QED) is 0.638. The Morgan fingerprint density at radius 2 is 1.56 bits per heavy atom. The molecule has 0 spiro atoms. The Bertz CT molecular complexity index is 856.